The third-order valence-corrected chi connectivity index (χ3v) is 2.72. The van der Waals surface area contributed by atoms with Crippen LogP contribution in [0.25, 0.3) is 0 Å². The molecule has 18 heavy (non-hydrogen) atoms. The van der Waals surface area contributed by atoms with Crippen LogP contribution in [-0.4, -0.2) is 33.9 Å². The Morgan fingerprint density at radius 3 is 1.94 bits per heavy atom. The van der Waals surface area contributed by atoms with Crippen LogP contribution in [0.15, 0.2) is 18.2 Å². The molecule has 1 rings (SSSR count). The van der Waals surface area contributed by atoms with Gasteiger partial charge in [-0.15, -0.1) is 0 Å². The van der Waals surface area contributed by atoms with Crippen LogP contribution in [0.2, 0.25) is 0 Å². The van der Waals surface area contributed by atoms with Gasteiger partial charge < -0.3 is 15.3 Å². The van der Waals surface area contributed by atoms with Gasteiger partial charge in [0.1, 0.15) is 0 Å². The summed E-state index contributed by atoms with van der Waals surface area (Å²) in [4.78, 5) is 22.1. The van der Waals surface area contributed by atoms with Crippen LogP contribution in [-0.2, 0) is 6.42 Å². The number of aliphatic hydroxyl groups is 1. The minimum Gasteiger partial charge on any atom is -0.478 e. The normalized spacial score (nSPS) is 10.3. The molecule has 0 aliphatic carbocycles. The molecule has 0 fully saturated rings. The SMILES string of the molecule is O=C(O)c1cccc(C(=O)O)c1CCCCCO. The lowest BCUT2D eigenvalue weighted by Crippen LogP contribution is -2.10. The highest BCUT2D eigenvalue weighted by Gasteiger charge is 2.17. The molecule has 0 atom stereocenters. The van der Waals surface area contributed by atoms with Gasteiger partial charge in [-0.25, -0.2) is 9.59 Å². The van der Waals surface area contributed by atoms with Crippen LogP contribution in [0.1, 0.15) is 45.5 Å². The summed E-state index contributed by atoms with van der Waals surface area (Å²) in [5.74, 6) is -2.23. The summed E-state index contributed by atoms with van der Waals surface area (Å²) in [6.45, 7) is 0.0896. The summed E-state index contributed by atoms with van der Waals surface area (Å²) >= 11 is 0. The molecule has 0 spiro atoms. The third-order valence-electron chi connectivity index (χ3n) is 2.72. The van der Waals surface area contributed by atoms with Gasteiger partial charge in [0.05, 0.1) is 11.1 Å². The summed E-state index contributed by atoms with van der Waals surface area (Å²) in [6, 6.07) is 4.26. The van der Waals surface area contributed by atoms with Crippen molar-refractivity contribution in [2.75, 3.05) is 6.61 Å². The van der Waals surface area contributed by atoms with E-state index in [4.69, 9.17) is 15.3 Å². The van der Waals surface area contributed by atoms with Gasteiger partial charge in [0.15, 0.2) is 0 Å². The first-order chi connectivity index (χ1) is 8.57. The van der Waals surface area contributed by atoms with Crippen molar-refractivity contribution in [1.29, 1.82) is 0 Å². The molecule has 0 bridgehead atoms. The number of carboxylic acids is 2. The molecule has 0 heterocycles. The maximum atomic E-state index is 11.1. The van der Waals surface area contributed by atoms with Gasteiger partial charge in [-0.1, -0.05) is 12.5 Å². The quantitative estimate of drug-likeness (QED) is 0.643. The number of rotatable bonds is 7. The number of unbranched alkanes of at least 4 members (excludes halogenated alkanes) is 2. The Hall–Kier alpha value is -1.88. The van der Waals surface area contributed by atoms with Crippen molar-refractivity contribution in [1.82, 2.24) is 0 Å². The minimum atomic E-state index is -1.12. The monoisotopic (exact) mass is 252 g/mol. The molecule has 0 aromatic heterocycles. The first-order valence-electron chi connectivity index (χ1n) is 5.77. The lowest BCUT2D eigenvalue weighted by atomic mass is 9.96. The fourth-order valence-electron chi connectivity index (χ4n) is 1.85. The number of carboxylic acid groups (broad SMARTS) is 2. The zero-order chi connectivity index (χ0) is 13.5. The standard InChI is InChI=1S/C13H16O5/c14-8-3-1-2-5-9-10(12(15)16)6-4-7-11(9)13(17)18/h4,6-7,14H,1-3,5,8H2,(H,15,16)(H,17,18). The van der Waals surface area contributed by atoms with Crippen molar-refractivity contribution >= 4 is 11.9 Å². The van der Waals surface area contributed by atoms with Crippen LogP contribution < -0.4 is 0 Å². The Morgan fingerprint density at radius 1 is 0.944 bits per heavy atom. The summed E-state index contributed by atoms with van der Waals surface area (Å²) < 4.78 is 0. The van der Waals surface area contributed by atoms with E-state index in [0.717, 1.165) is 6.42 Å². The van der Waals surface area contributed by atoms with E-state index in [2.05, 4.69) is 0 Å². The molecule has 1 aromatic carbocycles. The highest BCUT2D eigenvalue weighted by molar-refractivity contribution is 5.96. The third kappa shape index (κ3) is 3.56. The number of hydrogen-bond donors (Lipinski definition) is 3. The van der Waals surface area contributed by atoms with Gasteiger partial charge in [0, 0.05) is 6.61 Å². The number of aromatic carboxylic acids is 2. The van der Waals surface area contributed by atoms with Crippen LogP contribution in [0.4, 0.5) is 0 Å². The minimum absolute atomic E-state index is 0.0406. The van der Waals surface area contributed by atoms with Gasteiger partial charge in [0.25, 0.3) is 0 Å². The Labute approximate surface area is 105 Å². The lowest BCUT2D eigenvalue weighted by molar-refractivity contribution is 0.0695. The second-order valence-electron chi connectivity index (χ2n) is 3.98. The summed E-state index contributed by atoms with van der Waals surface area (Å²) in [5.41, 5.74) is 0.438. The molecule has 0 aliphatic rings. The maximum Gasteiger partial charge on any atom is 0.335 e. The Kier molecular flexibility index (Phi) is 5.32. The van der Waals surface area contributed by atoms with E-state index in [-0.39, 0.29) is 17.7 Å². The molecular weight excluding hydrogens is 236 g/mol. The van der Waals surface area contributed by atoms with Gasteiger partial charge in [-0.05, 0) is 37.0 Å². The summed E-state index contributed by atoms with van der Waals surface area (Å²) in [5, 5.41) is 26.7. The molecule has 0 radical (unpaired) electrons. The Balaban J connectivity index is 2.96. The zero-order valence-electron chi connectivity index (χ0n) is 9.93. The van der Waals surface area contributed by atoms with Crippen LogP contribution in [0, 0.1) is 0 Å². The zero-order valence-corrected chi connectivity index (χ0v) is 9.93. The highest BCUT2D eigenvalue weighted by Crippen LogP contribution is 2.18. The molecule has 0 saturated heterocycles. The molecule has 0 amide bonds. The van der Waals surface area contributed by atoms with E-state index in [9.17, 15) is 9.59 Å². The fraction of sp³-hybridized carbons (Fsp3) is 0.385. The molecule has 5 nitrogen and oxygen atoms in total. The lowest BCUT2D eigenvalue weighted by Gasteiger charge is -2.09. The second kappa shape index (κ2) is 6.76. The first kappa shape index (κ1) is 14.2. The molecule has 0 saturated carbocycles. The largest absolute Gasteiger partial charge is 0.478 e. The van der Waals surface area contributed by atoms with E-state index < -0.39 is 11.9 Å². The van der Waals surface area contributed by atoms with E-state index >= 15 is 0 Å². The Bertz CT molecular complexity index is 407. The molecule has 98 valence electrons. The van der Waals surface area contributed by atoms with Gasteiger partial charge >= 0.3 is 11.9 Å². The topological polar surface area (TPSA) is 94.8 Å². The van der Waals surface area contributed by atoms with Crippen molar-refractivity contribution < 1.29 is 24.9 Å². The van der Waals surface area contributed by atoms with Crippen molar-refractivity contribution in [3.8, 4) is 0 Å². The fourth-order valence-corrected chi connectivity index (χ4v) is 1.85. The van der Waals surface area contributed by atoms with Crippen molar-refractivity contribution in [2.45, 2.75) is 25.7 Å². The van der Waals surface area contributed by atoms with Gasteiger partial charge in [-0.3, -0.25) is 0 Å². The molecule has 0 unspecified atom stereocenters. The van der Waals surface area contributed by atoms with Crippen LogP contribution in [0.5, 0.6) is 0 Å². The first-order valence-corrected chi connectivity index (χ1v) is 5.77. The number of carbonyl (C=O) groups is 2. The summed E-state index contributed by atoms with van der Waals surface area (Å²) in [6.07, 6.45) is 2.43. The van der Waals surface area contributed by atoms with Gasteiger partial charge in [0.2, 0.25) is 0 Å². The van der Waals surface area contributed by atoms with E-state index in [1.165, 1.54) is 18.2 Å². The van der Waals surface area contributed by atoms with Crippen molar-refractivity contribution in [3.63, 3.8) is 0 Å². The predicted molar refractivity (Wildman–Crippen MR) is 65.0 cm³/mol. The van der Waals surface area contributed by atoms with E-state index in [0.29, 0.717) is 24.8 Å². The molecular formula is C13H16O5. The van der Waals surface area contributed by atoms with Crippen molar-refractivity contribution in [3.05, 3.63) is 34.9 Å². The van der Waals surface area contributed by atoms with E-state index in [1.54, 1.807) is 0 Å². The molecule has 0 aliphatic heterocycles. The average molecular weight is 252 g/mol. The molecule has 5 heteroatoms. The smallest absolute Gasteiger partial charge is 0.335 e. The number of aliphatic hydroxyl groups excluding tert-OH is 1. The molecule has 1 aromatic rings. The second-order valence-corrected chi connectivity index (χ2v) is 3.98. The van der Waals surface area contributed by atoms with Crippen LogP contribution in [0.3, 0.4) is 0 Å². The predicted octanol–water partition coefficient (Wildman–Crippen LogP) is 1.79. The maximum absolute atomic E-state index is 11.1. The number of hydrogen-bond acceptors (Lipinski definition) is 3. The average Bonchev–Trinajstić information content (AvgIpc) is 2.34. The number of benzene rings is 1. The highest BCUT2D eigenvalue weighted by atomic mass is 16.4. The summed E-state index contributed by atoms with van der Waals surface area (Å²) in [7, 11) is 0. The van der Waals surface area contributed by atoms with E-state index in [1.807, 2.05) is 0 Å². The van der Waals surface area contributed by atoms with Crippen LogP contribution >= 0.6 is 0 Å². The Morgan fingerprint density at radius 2 is 1.50 bits per heavy atom. The van der Waals surface area contributed by atoms with Gasteiger partial charge in [-0.2, -0.15) is 0 Å². The van der Waals surface area contributed by atoms with Crippen molar-refractivity contribution in [2.24, 2.45) is 0 Å². The molecule has 3 N–H and O–H groups in total.